The SMILES string of the molecule is C=C/C=C(\C=C)OC(=O)Nc1ccc(CC)cc1.[HH]. The summed E-state index contributed by atoms with van der Waals surface area (Å²) in [6.07, 6.45) is 4.95. The molecular weight excluding hydrogens is 226 g/mol. The van der Waals surface area contributed by atoms with Gasteiger partial charge in [-0.25, -0.2) is 4.79 Å². The third-order valence-corrected chi connectivity index (χ3v) is 2.30. The Morgan fingerprint density at radius 1 is 1.39 bits per heavy atom. The van der Waals surface area contributed by atoms with E-state index in [4.69, 9.17) is 4.74 Å². The monoisotopic (exact) mass is 245 g/mol. The van der Waals surface area contributed by atoms with E-state index in [9.17, 15) is 4.79 Å². The second kappa shape index (κ2) is 7.12. The first-order chi connectivity index (χ1) is 8.69. The normalized spacial score (nSPS) is 10.6. The topological polar surface area (TPSA) is 38.3 Å². The summed E-state index contributed by atoms with van der Waals surface area (Å²) in [6, 6.07) is 7.60. The molecule has 1 aromatic carbocycles. The van der Waals surface area contributed by atoms with Gasteiger partial charge < -0.3 is 4.74 Å². The molecule has 1 aromatic rings. The molecule has 0 aliphatic heterocycles. The molecule has 18 heavy (non-hydrogen) atoms. The van der Waals surface area contributed by atoms with Crippen LogP contribution in [0.5, 0.6) is 0 Å². The molecule has 0 bridgehead atoms. The summed E-state index contributed by atoms with van der Waals surface area (Å²) in [7, 11) is 0. The highest BCUT2D eigenvalue weighted by Crippen LogP contribution is 2.11. The van der Waals surface area contributed by atoms with Gasteiger partial charge in [0.1, 0.15) is 5.76 Å². The van der Waals surface area contributed by atoms with Gasteiger partial charge in [-0.2, -0.15) is 0 Å². The second-order valence-corrected chi connectivity index (χ2v) is 3.57. The number of nitrogens with one attached hydrogen (secondary N) is 1. The van der Waals surface area contributed by atoms with Crippen LogP contribution in [-0.4, -0.2) is 6.09 Å². The molecule has 0 saturated carbocycles. The third kappa shape index (κ3) is 4.29. The first kappa shape index (κ1) is 13.8. The van der Waals surface area contributed by atoms with Gasteiger partial charge in [0.05, 0.1) is 0 Å². The van der Waals surface area contributed by atoms with Gasteiger partial charge in [0, 0.05) is 7.11 Å². The smallest absolute Gasteiger partial charge is 0.410 e. The van der Waals surface area contributed by atoms with Crippen LogP contribution in [-0.2, 0) is 11.2 Å². The van der Waals surface area contributed by atoms with Gasteiger partial charge in [-0.05, 0) is 36.3 Å². The van der Waals surface area contributed by atoms with Crippen molar-refractivity contribution < 1.29 is 11.0 Å². The minimum atomic E-state index is -0.549. The predicted octanol–water partition coefficient (Wildman–Crippen LogP) is 4.30. The zero-order valence-electron chi connectivity index (χ0n) is 10.5. The Kier molecular flexibility index (Phi) is 5.45. The molecule has 0 atom stereocenters. The second-order valence-electron chi connectivity index (χ2n) is 3.57. The van der Waals surface area contributed by atoms with E-state index in [1.54, 1.807) is 6.08 Å². The van der Waals surface area contributed by atoms with Crippen molar-refractivity contribution in [3.8, 4) is 0 Å². The van der Waals surface area contributed by atoms with Gasteiger partial charge in [0.2, 0.25) is 0 Å². The van der Waals surface area contributed by atoms with Gasteiger partial charge in [0.25, 0.3) is 0 Å². The van der Waals surface area contributed by atoms with E-state index in [2.05, 4.69) is 25.4 Å². The molecule has 1 rings (SSSR count). The highest BCUT2D eigenvalue weighted by molar-refractivity contribution is 5.85. The van der Waals surface area contributed by atoms with Crippen molar-refractivity contribution in [3.63, 3.8) is 0 Å². The highest BCUT2D eigenvalue weighted by Gasteiger charge is 2.04. The van der Waals surface area contributed by atoms with Crippen molar-refractivity contribution in [1.82, 2.24) is 0 Å². The van der Waals surface area contributed by atoms with Gasteiger partial charge in [-0.3, -0.25) is 5.32 Å². The molecular formula is C15H19NO2. The van der Waals surface area contributed by atoms with E-state index in [0.717, 1.165) is 6.42 Å². The lowest BCUT2D eigenvalue weighted by Crippen LogP contribution is -2.12. The van der Waals surface area contributed by atoms with Crippen molar-refractivity contribution in [2.45, 2.75) is 13.3 Å². The van der Waals surface area contributed by atoms with Gasteiger partial charge in [-0.15, -0.1) is 0 Å². The fourth-order valence-electron chi connectivity index (χ4n) is 1.33. The van der Waals surface area contributed by atoms with Crippen LogP contribution in [0.1, 0.15) is 13.9 Å². The van der Waals surface area contributed by atoms with Crippen molar-refractivity contribution in [2.75, 3.05) is 5.32 Å². The molecule has 0 unspecified atom stereocenters. The first-order valence-electron chi connectivity index (χ1n) is 5.72. The maximum absolute atomic E-state index is 11.6. The summed E-state index contributed by atoms with van der Waals surface area (Å²) in [5.74, 6) is 0.354. The van der Waals surface area contributed by atoms with Crippen LogP contribution >= 0.6 is 0 Å². The lowest BCUT2D eigenvalue weighted by molar-refractivity contribution is 0.195. The van der Waals surface area contributed by atoms with Gasteiger partial charge in [0.15, 0.2) is 0 Å². The van der Waals surface area contributed by atoms with E-state index in [1.165, 1.54) is 17.7 Å². The number of hydrogen-bond donors (Lipinski definition) is 1. The fraction of sp³-hybridized carbons (Fsp3) is 0.133. The first-order valence-corrected chi connectivity index (χ1v) is 5.72. The number of allylic oxidation sites excluding steroid dienone is 3. The molecule has 3 heteroatoms. The molecule has 0 heterocycles. The van der Waals surface area contributed by atoms with E-state index in [0.29, 0.717) is 11.4 Å². The van der Waals surface area contributed by atoms with Crippen molar-refractivity contribution in [1.29, 1.82) is 0 Å². The van der Waals surface area contributed by atoms with Gasteiger partial charge in [-0.1, -0.05) is 38.3 Å². The van der Waals surface area contributed by atoms with Crippen molar-refractivity contribution in [2.24, 2.45) is 0 Å². The number of benzene rings is 1. The Bertz CT molecular complexity index is 464. The van der Waals surface area contributed by atoms with Crippen LogP contribution < -0.4 is 5.32 Å². The number of carbonyl (C=O) groups excluding carboxylic acids is 1. The predicted molar refractivity (Wildman–Crippen MR) is 76.5 cm³/mol. The van der Waals surface area contributed by atoms with Crippen LogP contribution in [0.15, 0.2) is 61.4 Å². The molecule has 0 aliphatic rings. The number of carbonyl (C=O) groups is 1. The quantitative estimate of drug-likeness (QED) is 0.620. The summed E-state index contributed by atoms with van der Waals surface area (Å²) >= 11 is 0. The van der Waals surface area contributed by atoms with Crippen LogP contribution in [0.25, 0.3) is 0 Å². The molecule has 96 valence electrons. The summed E-state index contributed by atoms with van der Waals surface area (Å²) in [6.45, 7) is 9.14. The van der Waals surface area contributed by atoms with Gasteiger partial charge >= 0.3 is 6.09 Å². The summed E-state index contributed by atoms with van der Waals surface area (Å²) in [5, 5.41) is 2.63. The zero-order valence-corrected chi connectivity index (χ0v) is 10.5. The standard InChI is InChI=1S/C15H17NO2.H2/c1-4-7-14(6-3)18-15(17)16-13-10-8-12(5-2)9-11-13;/h4,6-11H,1,3,5H2,2H3,(H,16,17);1H/b14-7+;. The van der Waals surface area contributed by atoms with Crippen molar-refractivity contribution in [3.05, 3.63) is 67.0 Å². The lowest BCUT2D eigenvalue weighted by atomic mass is 10.1. The summed E-state index contributed by atoms with van der Waals surface area (Å²) in [5.41, 5.74) is 1.91. The number of anilines is 1. The van der Waals surface area contributed by atoms with E-state index in [-0.39, 0.29) is 1.43 Å². The maximum atomic E-state index is 11.6. The third-order valence-electron chi connectivity index (χ3n) is 2.30. The van der Waals surface area contributed by atoms with Crippen LogP contribution in [0.3, 0.4) is 0 Å². The lowest BCUT2D eigenvalue weighted by Gasteiger charge is -2.07. The Balaban J connectivity index is 0.00000324. The number of ether oxygens (including phenoxy) is 1. The summed E-state index contributed by atoms with van der Waals surface area (Å²) in [4.78, 5) is 11.6. The average Bonchev–Trinajstić information content (AvgIpc) is 2.39. The molecule has 0 aliphatic carbocycles. The number of aryl methyl sites for hydroxylation is 1. The van der Waals surface area contributed by atoms with E-state index < -0.39 is 6.09 Å². The molecule has 0 fully saturated rings. The van der Waals surface area contributed by atoms with Crippen LogP contribution in [0, 0.1) is 0 Å². The Labute approximate surface area is 109 Å². The van der Waals surface area contributed by atoms with Crippen molar-refractivity contribution >= 4 is 11.8 Å². The average molecular weight is 245 g/mol. The molecule has 0 saturated heterocycles. The highest BCUT2D eigenvalue weighted by atomic mass is 16.6. The minimum Gasteiger partial charge on any atom is -0.410 e. The molecule has 0 radical (unpaired) electrons. The molecule has 3 nitrogen and oxygen atoms in total. The van der Waals surface area contributed by atoms with Crippen LogP contribution in [0.2, 0.25) is 0 Å². The maximum Gasteiger partial charge on any atom is 0.417 e. The molecule has 1 amide bonds. The summed E-state index contributed by atoms with van der Waals surface area (Å²) < 4.78 is 5.02. The number of rotatable bonds is 5. The number of hydrogen-bond acceptors (Lipinski definition) is 2. The molecule has 0 spiro atoms. The molecule has 0 aromatic heterocycles. The number of amides is 1. The zero-order chi connectivity index (χ0) is 13.4. The largest absolute Gasteiger partial charge is 0.417 e. The minimum absolute atomic E-state index is 0. The Morgan fingerprint density at radius 3 is 2.56 bits per heavy atom. The fourth-order valence-corrected chi connectivity index (χ4v) is 1.33. The Hall–Kier alpha value is -2.29. The molecule has 1 N–H and O–H groups in total. The Morgan fingerprint density at radius 2 is 2.06 bits per heavy atom. The van der Waals surface area contributed by atoms with E-state index >= 15 is 0 Å². The van der Waals surface area contributed by atoms with E-state index in [1.807, 2.05) is 24.3 Å². The van der Waals surface area contributed by atoms with Crippen LogP contribution in [0.4, 0.5) is 10.5 Å².